The molecule has 2 aromatic heterocycles. The molecule has 0 fully saturated rings. The number of anilines is 1. The molecule has 9 heteroatoms. The zero-order chi connectivity index (χ0) is 21.5. The predicted molar refractivity (Wildman–Crippen MR) is 120 cm³/mol. The minimum atomic E-state index is -0.117. The van der Waals surface area contributed by atoms with E-state index in [1.54, 1.807) is 29.2 Å². The molecule has 0 unspecified atom stereocenters. The SMILES string of the molecule is NCCCNC(=O)c1ccc(/C=N\Nc2ncnc3c2cnn3-c2ccccc2)cc1. The highest BCUT2D eigenvalue weighted by atomic mass is 16.1. The molecule has 0 atom stereocenters. The van der Waals surface area contributed by atoms with E-state index in [1.165, 1.54) is 6.33 Å². The number of amides is 1. The van der Waals surface area contributed by atoms with E-state index in [1.807, 2.05) is 42.5 Å². The van der Waals surface area contributed by atoms with E-state index in [0.29, 0.717) is 30.1 Å². The van der Waals surface area contributed by atoms with Gasteiger partial charge in [-0.2, -0.15) is 10.2 Å². The highest BCUT2D eigenvalue weighted by Crippen LogP contribution is 2.21. The van der Waals surface area contributed by atoms with Crippen LogP contribution in [0.1, 0.15) is 22.3 Å². The summed E-state index contributed by atoms with van der Waals surface area (Å²) in [7, 11) is 0. The number of nitrogens with zero attached hydrogens (tertiary/aromatic N) is 5. The first kappa shape index (κ1) is 20.2. The van der Waals surface area contributed by atoms with Crippen molar-refractivity contribution in [1.29, 1.82) is 0 Å². The van der Waals surface area contributed by atoms with Crippen molar-refractivity contribution >= 4 is 29.0 Å². The van der Waals surface area contributed by atoms with Gasteiger partial charge in [0.05, 0.1) is 23.5 Å². The van der Waals surface area contributed by atoms with Gasteiger partial charge >= 0.3 is 0 Å². The Bertz CT molecular complexity index is 1190. The lowest BCUT2D eigenvalue weighted by Gasteiger charge is -2.04. The Kier molecular flexibility index (Phi) is 6.24. The van der Waals surface area contributed by atoms with Crippen molar-refractivity contribution in [3.05, 3.63) is 78.2 Å². The number of fused-ring (bicyclic) bond motifs is 1. The molecule has 4 rings (SSSR count). The molecule has 1 amide bonds. The zero-order valence-corrected chi connectivity index (χ0v) is 16.8. The van der Waals surface area contributed by atoms with E-state index in [0.717, 1.165) is 23.1 Å². The van der Waals surface area contributed by atoms with E-state index in [9.17, 15) is 4.79 Å². The van der Waals surface area contributed by atoms with Gasteiger partial charge in [0.2, 0.25) is 0 Å². The van der Waals surface area contributed by atoms with Gasteiger partial charge in [-0.1, -0.05) is 30.3 Å². The van der Waals surface area contributed by atoms with Gasteiger partial charge in [-0.25, -0.2) is 14.6 Å². The normalized spacial score (nSPS) is 11.1. The van der Waals surface area contributed by atoms with Crippen LogP contribution in [0, 0.1) is 0 Å². The number of para-hydroxylation sites is 1. The second-order valence-corrected chi connectivity index (χ2v) is 6.74. The molecule has 0 aliphatic carbocycles. The number of hydrogen-bond donors (Lipinski definition) is 3. The molecule has 156 valence electrons. The van der Waals surface area contributed by atoms with Gasteiger partial charge in [-0.3, -0.25) is 10.2 Å². The summed E-state index contributed by atoms with van der Waals surface area (Å²) in [5, 5.41) is 12.3. The molecule has 0 radical (unpaired) electrons. The molecule has 0 spiro atoms. The Morgan fingerprint density at radius 1 is 1.10 bits per heavy atom. The fourth-order valence-electron chi connectivity index (χ4n) is 2.99. The van der Waals surface area contributed by atoms with Crippen LogP contribution in [0.3, 0.4) is 0 Å². The summed E-state index contributed by atoms with van der Waals surface area (Å²) in [6.07, 6.45) is 5.59. The Morgan fingerprint density at radius 3 is 2.68 bits per heavy atom. The van der Waals surface area contributed by atoms with Gasteiger partial charge in [0.1, 0.15) is 6.33 Å². The highest BCUT2D eigenvalue weighted by molar-refractivity contribution is 5.95. The lowest BCUT2D eigenvalue weighted by molar-refractivity contribution is 0.0953. The van der Waals surface area contributed by atoms with Gasteiger partial charge in [0.25, 0.3) is 5.91 Å². The quantitative estimate of drug-likeness (QED) is 0.231. The lowest BCUT2D eigenvalue weighted by atomic mass is 10.1. The van der Waals surface area contributed by atoms with E-state index in [2.05, 4.69) is 30.9 Å². The van der Waals surface area contributed by atoms with E-state index in [4.69, 9.17) is 5.73 Å². The van der Waals surface area contributed by atoms with Crippen LogP contribution < -0.4 is 16.5 Å². The van der Waals surface area contributed by atoms with E-state index >= 15 is 0 Å². The largest absolute Gasteiger partial charge is 0.352 e. The summed E-state index contributed by atoms with van der Waals surface area (Å²) in [6.45, 7) is 1.12. The smallest absolute Gasteiger partial charge is 0.251 e. The van der Waals surface area contributed by atoms with Crippen LogP contribution in [0.5, 0.6) is 0 Å². The molecular formula is C22H22N8O. The number of nitrogens with one attached hydrogen (secondary N) is 2. The Hall–Kier alpha value is -4.11. The summed E-state index contributed by atoms with van der Waals surface area (Å²) in [5.74, 6) is 0.438. The molecule has 0 aliphatic rings. The maximum absolute atomic E-state index is 12.0. The van der Waals surface area contributed by atoms with Crippen LogP contribution in [-0.2, 0) is 0 Å². The molecule has 9 nitrogen and oxygen atoms in total. The highest BCUT2D eigenvalue weighted by Gasteiger charge is 2.10. The van der Waals surface area contributed by atoms with Gasteiger partial charge in [-0.05, 0) is 42.8 Å². The maximum Gasteiger partial charge on any atom is 0.251 e. The number of rotatable bonds is 8. The summed E-state index contributed by atoms with van der Waals surface area (Å²) in [5.41, 5.74) is 11.4. The van der Waals surface area contributed by atoms with Crippen LogP contribution in [0.15, 0.2) is 72.2 Å². The van der Waals surface area contributed by atoms with Crippen LogP contribution >= 0.6 is 0 Å². The number of hydrogen-bond acceptors (Lipinski definition) is 7. The fourth-order valence-corrected chi connectivity index (χ4v) is 2.99. The molecule has 0 aliphatic heterocycles. The van der Waals surface area contributed by atoms with Gasteiger partial charge in [0.15, 0.2) is 11.5 Å². The van der Waals surface area contributed by atoms with Crippen LogP contribution in [0.2, 0.25) is 0 Å². The topological polar surface area (TPSA) is 123 Å². The van der Waals surface area contributed by atoms with Crippen molar-refractivity contribution in [2.45, 2.75) is 6.42 Å². The van der Waals surface area contributed by atoms with Gasteiger partial charge < -0.3 is 11.1 Å². The van der Waals surface area contributed by atoms with Crippen LogP contribution in [0.4, 0.5) is 5.82 Å². The molecule has 2 heterocycles. The van der Waals surface area contributed by atoms with Crippen molar-refractivity contribution in [3.63, 3.8) is 0 Å². The minimum absolute atomic E-state index is 0.117. The minimum Gasteiger partial charge on any atom is -0.352 e. The Morgan fingerprint density at radius 2 is 1.90 bits per heavy atom. The van der Waals surface area contributed by atoms with Crippen molar-refractivity contribution in [2.75, 3.05) is 18.5 Å². The molecule has 0 saturated heterocycles. The maximum atomic E-state index is 12.0. The molecule has 0 bridgehead atoms. The standard InChI is InChI=1S/C22H22N8O/c23-11-4-12-24-22(31)17-9-7-16(8-10-17)13-27-29-20-19-14-28-30(21(19)26-15-25-20)18-5-2-1-3-6-18/h1-3,5-10,13-15H,4,11-12,23H2,(H,24,31)(H,25,26,29)/b27-13-. The fraction of sp³-hybridized carbons (Fsp3) is 0.136. The third kappa shape index (κ3) is 4.73. The third-order valence-corrected chi connectivity index (χ3v) is 4.59. The Labute approximate surface area is 179 Å². The summed E-state index contributed by atoms with van der Waals surface area (Å²) in [6, 6.07) is 16.9. The van der Waals surface area contributed by atoms with Crippen molar-refractivity contribution in [2.24, 2.45) is 10.8 Å². The second kappa shape index (κ2) is 9.59. The monoisotopic (exact) mass is 414 g/mol. The summed E-state index contributed by atoms with van der Waals surface area (Å²) < 4.78 is 1.75. The van der Waals surface area contributed by atoms with Crippen LogP contribution in [-0.4, -0.2) is 45.0 Å². The molecule has 31 heavy (non-hydrogen) atoms. The van der Waals surface area contributed by atoms with E-state index < -0.39 is 0 Å². The van der Waals surface area contributed by atoms with Crippen molar-refractivity contribution in [1.82, 2.24) is 25.1 Å². The number of nitrogens with two attached hydrogens (primary N) is 1. The second-order valence-electron chi connectivity index (χ2n) is 6.74. The lowest BCUT2D eigenvalue weighted by Crippen LogP contribution is -2.25. The van der Waals surface area contributed by atoms with Gasteiger partial charge in [0, 0.05) is 12.1 Å². The Balaban J connectivity index is 1.44. The summed E-state index contributed by atoms with van der Waals surface area (Å²) in [4.78, 5) is 20.7. The number of hydrazone groups is 1. The van der Waals surface area contributed by atoms with Crippen molar-refractivity contribution in [3.8, 4) is 5.69 Å². The molecular weight excluding hydrogens is 392 g/mol. The average Bonchev–Trinajstić information content (AvgIpc) is 3.25. The number of aromatic nitrogens is 4. The number of benzene rings is 2. The first-order chi connectivity index (χ1) is 15.3. The molecule has 4 N–H and O–H groups in total. The van der Waals surface area contributed by atoms with Crippen LogP contribution in [0.25, 0.3) is 16.7 Å². The zero-order valence-electron chi connectivity index (χ0n) is 16.8. The van der Waals surface area contributed by atoms with Gasteiger partial charge in [-0.15, -0.1) is 0 Å². The molecule has 2 aromatic carbocycles. The first-order valence-electron chi connectivity index (χ1n) is 9.88. The van der Waals surface area contributed by atoms with E-state index in [-0.39, 0.29) is 5.91 Å². The molecule has 4 aromatic rings. The first-order valence-corrected chi connectivity index (χ1v) is 9.88. The number of carbonyl (C=O) groups excluding carboxylic acids is 1. The number of carbonyl (C=O) groups is 1. The average molecular weight is 414 g/mol. The predicted octanol–water partition coefficient (Wildman–Crippen LogP) is 2.34. The molecule has 0 saturated carbocycles. The summed E-state index contributed by atoms with van der Waals surface area (Å²) >= 11 is 0. The van der Waals surface area contributed by atoms with Crippen molar-refractivity contribution < 1.29 is 4.79 Å². The third-order valence-electron chi connectivity index (χ3n) is 4.59.